The number of piperidine rings is 2. The number of rotatable bonds is 4. The fourth-order valence-corrected chi connectivity index (χ4v) is 3.95. The van der Waals surface area contributed by atoms with E-state index in [9.17, 15) is 9.59 Å². The van der Waals surface area contributed by atoms with Crippen LogP contribution >= 0.6 is 0 Å². The Kier molecular flexibility index (Phi) is 6.17. The standard InChI is InChI=1S/C21H31N3O2/c1-16(2)21(26)24-14-10-17(11-15-24)20(25)22-18-8-4-5-9-19(18)23-12-6-3-7-13-23/h4-5,8-9,16-17H,3,6-7,10-15H2,1-2H3,(H,22,25). The second-order valence-corrected chi connectivity index (χ2v) is 7.81. The van der Waals surface area contributed by atoms with Crippen molar-refractivity contribution in [2.75, 3.05) is 36.4 Å². The zero-order valence-corrected chi connectivity index (χ0v) is 16.0. The van der Waals surface area contributed by atoms with Crippen molar-refractivity contribution in [2.24, 2.45) is 11.8 Å². The molecule has 3 rings (SSSR count). The Morgan fingerprint density at radius 2 is 1.65 bits per heavy atom. The molecular weight excluding hydrogens is 326 g/mol. The molecular formula is C21H31N3O2. The fraction of sp³-hybridized carbons (Fsp3) is 0.619. The molecule has 0 radical (unpaired) electrons. The number of hydrogen-bond acceptors (Lipinski definition) is 3. The molecule has 2 amide bonds. The second-order valence-electron chi connectivity index (χ2n) is 7.81. The van der Waals surface area contributed by atoms with Crippen LogP contribution in [0.25, 0.3) is 0 Å². The summed E-state index contributed by atoms with van der Waals surface area (Å²) in [6.07, 6.45) is 5.21. The summed E-state index contributed by atoms with van der Waals surface area (Å²) in [5, 5.41) is 3.16. The summed E-state index contributed by atoms with van der Waals surface area (Å²) in [5.74, 6) is 0.294. The van der Waals surface area contributed by atoms with Gasteiger partial charge in [-0.25, -0.2) is 0 Å². The summed E-state index contributed by atoms with van der Waals surface area (Å²) >= 11 is 0. The van der Waals surface area contributed by atoms with Gasteiger partial charge in [0.05, 0.1) is 11.4 Å². The molecule has 2 saturated heterocycles. The van der Waals surface area contributed by atoms with E-state index in [-0.39, 0.29) is 23.7 Å². The highest BCUT2D eigenvalue weighted by Crippen LogP contribution is 2.29. The molecule has 2 fully saturated rings. The average Bonchev–Trinajstić information content (AvgIpc) is 2.68. The third-order valence-corrected chi connectivity index (χ3v) is 5.53. The fourth-order valence-electron chi connectivity index (χ4n) is 3.95. The van der Waals surface area contributed by atoms with Gasteiger partial charge in [-0.05, 0) is 44.2 Å². The summed E-state index contributed by atoms with van der Waals surface area (Å²) in [6, 6.07) is 8.12. The first kappa shape index (κ1) is 18.7. The van der Waals surface area contributed by atoms with Crippen LogP contribution in [0.1, 0.15) is 46.0 Å². The Bertz CT molecular complexity index is 630. The molecule has 26 heavy (non-hydrogen) atoms. The molecule has 142 valence electrons. The van der Waals surface area contributed by atoms with Crippen molar-refractivity contribution in [1.29, 1.82) is 0 Å². The van der Waals surface area contributed by atoms with Gasteiger partial charge in [0, 0.05) is 38.0 Å². The lowest BCUT2D eigenvalue weighted by Crippen LogP contribution is -2.43. The molecule has 0 bridgehead atoms. The molecule has 1 aromatic rings. The molecule has 2 aliphatic heterocycles. The molecule has 0 unspecified atom stereocenters. The van der Waals surface area contributed by atoms with Crippen LogP contribution in [-0.4, -0.2) is 42.9 Å². The van der Waals surface area contributed by atoms with Crippen molar-refractivity contribution >= 4 is 23.2 Å². The Morgan fingerprint density at radius 3 is 2.31 bits per heavy atom. The lowest BCUT2D eigenvalue weighted by Gasteiger charge is -2.33. The Hall–Kier alpha value is -2.04. The van der Waals surface area contributed by atoms with Crippen LogP contribution in [0.4, 0.5) is 11.4 Å². The van der Waals surface area contributed by atoms with E-state index < -0.39 is 0 Å². The number of hydrogen-bond donors (Lipinski definition) is 1. The third kappa shape index (κ3) is 4.37. The van der Waals surface area contributed by atoms with Gasteiger partial charge in [0.2, 0.25) is 11.8 Å². The zero-order valence-electron chi connectivity index (χ0n) is 16.0. The minimum absolute atomic E-state index is 0.0133. The predicted molar refractivity (Wildman–Crippen MR) is 105 cm³/mol. The Labute approximate surface area is 156 Å². The van der Waals surface area contributed by atoms with E-state index in [1.165, 1.54) is 19.3 Å². The quantitative estimate of drug-likeness (QED) is 0.897. The number of para-hydroxylation sites is 2. The Balaban J connectivity index is 1.60. The third-order valence-electron chi connectivity index (χ3n) is 5.53. The highest BCUT2D eigenvalue weighted by molar-refractivity contribution is 5.96. The van der Waals surface area contributed by atoms with Crippen LogP contribution < -0.4 is 10.2 Å². The van der Waals surface area contributed by atoms with Gasteiger partial charge in [-0.1, -0.05) is 26.0 Å². The molecule has 1 aromatic carbocycles. The van der Waals surface area contributed by atoms with Crippen molar-refractivity contribution in [3.05, 3.63) is 24.3 Å². The maximum atomic E-state index is 12.8. The van der Waals surface area contributed by atoms with Crippen LogP contribution in [0.5, 0.6) is 0 Å². The minimum Gasteiger partial charge on any atom is -0.370 e. The molecule has 0 aromatic heterocycles. The van der Waals surface area contributed by atoms with E-state index in [1.807, 2.05) is 36.9 Å². The smallest absolute Gasteiger partial charge is 0.227 e. The number of anilines is 2. The molecule has 5 nitrogen and oxygen atoms in total. The van der Waals surface area contributed by atoms with E-state index in [4.69, 9.17) is 0 Å². The summed E-state index contributed by atoms with van der Waals surface area (Å²) in [6.45, 7) is 7.34. The highest BCUT2D eigenvalue weighted by Gasteiger charge is 2.28. The number of carbonyl (C=O) groups is 2. The van der Waals surface area contributed by atoms with Gasteiger partial charge in [-0.15, -0.1) is 0 Å². The van der Waals surface area contributed by atoms with E-state index in [2.05, 4.69) is 16.3 Å². The molecule has 2 aliphatic rings. The molecule has 0 saturated carbocycles. The van der Waals surface area contributed by atoms with Gasteiger partial charge in [-0.2, -0.15) is 0 Å². The van der Waals surface area contributed by atoms with Gasteiger partial charge >= 0.3 is 0 Å². The van der Waals surface area contributed by atoms with Crippen molar-refractivity contribution in [2.45, 2.75) is 46.0 Å². The summed E-state index contributed by atoms with van der Waals surface area (Å²) < 4.78 is 0. The molecule has 0 spiro atoms. The number of carbonyl (C=O) groups excluding carboxylic acids is 2. The van der Waals surface area contributed by atoms with Crippen molar-refractivity contribution in [3.8, 4) is 0 Å². The van der Waals surface area contributed by atoms with E-state index in [1.54, 1.807) is 0 Å². The maximum absolute atomic E-state index is 12.8. The topological polar surface area (TPSA) is 52.7 Å². The van der Waals surface area contributed by atoms with E-state index in [0.29, 0.717) is 13.1 Å². The van der Waals surface area contributed by atoms with Gasteiger partial charge in [0.15, 0.2) is 0 Å². The Morgan fingerprint density at radius 1 is 1.00 bits per heavy atom. The van der Waals surface area contributed by atoms with Crippen molar-refractivity contribution < 1.29 is 9.59 Å². The van der Waals surface area contributed by atoms with Gasteiger partial charge in [0.1, 0.15) is 0 Å². The summed E-state index contributed by atoms with van der Waals surface area (Å²) in [7, 11) is 0. The van der Waals surface area contributed by atoms with Gasteiger partial charge in [0.25, 0.3) is 0 Å². The number of benzene rings is 1. The van der Waals surface area contributed by atoms with E-state index >= 15 is 0 Å². The van der Waals surface area contributed by atoms with Gasteiger partial charge < -0.3 is 15.1 Å². The number of nitrogens with zero attached hydrogens (tertiary/aromatic N) is 2. The highest BCUT2D eigenvalue weighted by atomic mass is 16.2. The molecule has 2 heterocycles. The average molecular weight is 357 g/mol. The largest absolute Gasteiger partial charge is 0.370 e. The first-order valence-electron chi connectivity index (χ1n) is 10.00. The van der Waals surface area contributed by atoms with Crippen LogP contribution in [0, 0.1) is 11.8 Å². The molecule has 5 heteroatoms. The van der Waals surface area contributed by atoms with Crippen molar-refractivity contribution in [1.82, 2.24) is 4.90 Å². The minimum atomic E-state index is -0.0133. The SMILES string of the molecule is CC(C)C(=O)N1CCC(C(=O)Nc2ccccc2N2CCCCC2)CC1. The number of likely N-dealkylation sites (tertiary alicyclic amines) is 1. The van der Waals surface area contributed by atoms with Crippen LogP contribution in [0.15, 0.2) is 24.3 Å². The van der Waals surface area contributed by atoms with E-state index in [0.717, 1.165) is 37.3 Å². The number of nitrogens with one attached hydrogen (secondary N) is 1. The monoisotopic (exact) mass is 357 g/mol. The summed E-state index contributed by atoms with van der Waals surface area (Å²) in [4.78, 5) is 29.2. The van der Waals surface area contributed by atoms with Crippen molar-refractivity contribution in [3.63, 3.8) is 0 Å². The molecule has 0 atom stereocenters. The maximum Gasteiger partial charge on any atom is 0.227 e. The lowest BCUT2D eigenvalue weighted by molar-refractivity contribution is -0.137. The molecule has 0 aliphatic carbocycles. The molecule has 1 N–H and O–H groups in total. The zero-order chi connectivity index (χ0) is 18.5. The lowest BCUT2D eigenvalue weighted by atomic mass is 9.95. The normalized spacial score (nSPS) is 18.9. The van der Waals surface area contributed by atoms with Crippen LogP contribution in [-0.2, 0) is 9.59 Å². The summed E-state index contributed by atoms with van der Waals surface area (Å²) in [5.41, 5.74) is 2.05. The predicted octanol–water partition coefficient (Wildman–Crippen LogP) is 3.51. The first-order valence-corrected chi connectivity index (χ1v) is 10.00. The number of amides is 2. The second kappa shape index (κ2) is 8.56. The first-order chi connectivity index (χ1) is 12.6. The van der Waals surface area contributed by atoms with Gasteiger partial charge in [-0.3, -0.25) is 9.59 Å². The van der Waals surface area contributed by atoms with Crippen LogP contribution in [0.3, 0.4) is 0 Å². The van der Waals surface area contributed by atoms with Crippen LogP contribution in [0.2, 0.25) is 0 Å².